The maximum absolute atomic E-state index is 14.6. The van der Waals surface area contributed by atoms with Crippen LogP contribution in [0.4, 0.5) is 13.2 Å². The summed E-state index contributed by atoms with van der Waals surface area (Å²) < 4.78 is 41.0. The van der Waals surface area contributed by atoms with E-state index in [0.29, 0.717) is 73.1 Å². The first-order valence-corrected chi connectivity index (χ1v) is 36.0. The quantitative estimate of drug-likeness (QED) is 0.120. The second kappa shape index (κ2) is 34.5. The lowest BCUT2D eigenvalue weighted by Crippen LogP contribution is -2.76. The first-order valence-electron chi connectivity index (χ1n) is 35.6. The molecule has 3 saturated heterocycles. The van der Waals surface area contributed by atoms with Gasteiger partial charge in [0.05, 0.1) is 23.0 Å². The molecule has 502 valence electrons. The number of nitrogens with one attached hydrogen (secondary N) is 6. The largest absolute Gasteiger partial charge is 0.417 e. The number of nitrogens with zero attached hydrogens (tertiary/aromatic N) is 6. The van der Waals surface area contributed by atoms with Crippen molar-refractivity contribution in [3.8, 4) is 0 Å². The lowest BCUT2D eigenvalue weighted by atomic mass is 9.73. The van der Waals surface area contributed by atoms with Crippen LogP contribution in [0.1, 0.15) is 201 Å². The van der Waals surface area contributed by atoms with Crippen molar-refractivity contribution < 1.29 is 18.0 Å². The zero-order valence-corrected chi connectivity index (χ0v) is 57.5. The van der Waals surface area contributed by atoms with Crippen molar-refractivity contribution in [2.75, 3.05) is 73.0 Å². The molecule has 4 unspecified atom stereocenters. The number of carbonyl (C=O) groups is 1. The first-order chi connectivity index (χ1) is 42.7. The van der Waals surface area contributed by atoms with Gasteiger partial charge in [-0.1, -0.05) is 110 Å². The highest BCUT2D eigenvalue weighted by Gasteiger charge is 2.56. The Morgan fingerprint density at radius 2 is 1.58 bits per heavy atom. The predicted molar refractivity (Wildman–Crippen MR) is 364 cm³/mol. The minimum absolute atomic E-state index is 0.0157. The van der Waals surface area contributed by atoms with Crippen LogP contribution in [-0.2, 0) is 17.4 Å². The van der Waals surface area contributed by atoms with E-state index in [1.54, 1.807) is 0 Å². The van der Waals surface area contributed by atoms with Gasteiger partial charge < -0.3 is 51.5 Å². The summed E-state index contributed by atoms with van der Waals surface area (Å²) in [6.07, 6.45) is 32.9. The van der Waals surface area contributed by atoms with E-state index in [1.807, 2.05) is 18.5 Å². The Morgan fingerprint density at radius 3 is 2.27 bits per heavy atom. The van der Waals surface area contributed by atoms with Gasteiger partial charge in [-0.05, 0) is 152 Å². The molecule has 17 heteroatoms. The van der Waals surface area contributed by atoms with Crippen molar-refractivity contribution in [3.05, 3.63) is 82.3 Å². The number of benzene rings is 1. The maximum Gasteiger partial charge on any atom is 0.417 e. The molecule has 1 amide bonds. The summed E-state index contributed by atoms with van der Waals surface area (Å²) in [5, 5.41) is 24.0. The van der Waals surface area contributed by atoms with Gasteiger partial charge >= 0.3 is 6.18 Å². The van der Waals surface area contributed by atoms with Crippen LogP contribution in [0.15, 0.2) is 71.2 Å². The van der Waals surface area contributed by atoms with Gasteiger partial charge in [-0.3, -0.25) is 14.7 Å². The molecule has 3 aliphatic carbocycles. The molecule has 0 radical (unpaired) electrons. The van der Waals surface area contributed by atoms with Crippen LogP contribution < -0.4 is 31.9 Å². The maximum atomic E-state index is 14.6. The molecule has 1 aromatic carbocycles. The summed E-state index contributed by atoms with van der Waals surface area (Å²) in [6.45, 7) is 26.7. The number of hydrogen-bond acceptors (Lipinski definition) is 12. The summed E-state index contributed by atoms with van der Waals surface area (Å²) >= 11 is 6.21. The molecule has 7 aliphatic rings. The number of amides is 1. The molecule has 6 fully saturated rings. The molecule has 10 atom stereocenters. The normalized spacial score (nSPS) is 30.0. The molecule has 4 heterocycles. The molecular weight excluding hydrogens is 1140 g/mol. The lowest BCUT2D eigenvalue weighted by Gasteiger charge is -2.60. The minimum atomic E-state index is -4.51. The third-order valence-electron chi connectivity index (χ3n) is 22.0. The molecule has 4 aliphatic heterocycles. The van der Waals surface area contributed by atoms with Gasteiger partial charge in [-0.15, -0.1) is 0 Å². The summed E-state index contributed by atoms with van der Waals surface area (Å²) in [6, 6.07) is 6.09. The molecule has 1 spiro atoms. The van der Waals surface area contributed by atoms with E-state index in [1.165, 1.54) is 94.2 Å². The van der Waals surface area contributed by atoms with Crippen LogP contribution in [-0.4, -0.2) is 163 Å². The predicted octanol–water partition coefficient (Wildman–Crippen LogP) is 13.1. The molecule has 6 N–H and O–H groups in total. The number of rotatable bonds is 12. The third kappa shape index (κ3) is 20.2. The Morgan fingerprint density at radius 1 is 0.843 bits per heavy atom. The fourth-order valence-corrected chi connectivity index (χ4v) is 16.5. The Labute approximate surface area is 542 Å². The fraction of sp³-hybridized carbons (Fsp3) is 0.778. The number of allylic oxidation sites excluding steroid dienone is 4. The van der Waals surface area contributed by atoms with Gasteiger partial charge in [0.1, 0.15) is 0 Å². The van der Waals surface area contributed by atoms with Gasteiger partial charge in [-0.25, -0.2) is 0 Å². The topological polar surface area (TPSA) is 118 Å². The van der Waals surface area contributed by atoms with Crippen LogP contribution in [0.5, 0.6) is 0 Å². The number of fused-ring (bicyclic) bond motifs is 2. The molecular formula is C72H120ClF3N12O. The number of alkyl halides is 3. The van der Waals surface area contributed by atoms with Crippen LogP contribution in [0.2, 0.25) is 5.02 Å². The van der Waals surface area contributed by atoms with Crippen LogP contribution in [0, 0.1) is 29.6 Å². The van der Waals surface area contributed by atoms with Crippen molar-refractivity contribution in [1.29, 1.82) is 0 Å². The molecule has 89 heavy (non-hydrogen) atoms. The van der Waals surface area contributed by atoms with Crippen molar-refractivity contribution in [2.24, 2.45) is 34.6 Å². The number of halogens is 4. The average Bonchev–Trinajstić information content (AvgIpc) is 1.19. The second-order valence-electron chi connectivity index (χ2n) is 29.1. The highest BCUT2D eigenvalue weighted by molar-refractivity contribution is 6.31. The van der Waals surface area contributed by atoms with Crippen LogP contribution in [0.3, 0.4) is 0 Å². The zero-order chi connectivity index (χ0) is 63.7. The van der Waals surface area contributed by atoms with Crippen molar-refractivity contribution in [3.63, 3.8) is 0 Å². The van der Waals surface area contributed by atoms with Gasteiger partial charge in [-0.2, -0.15) is 13.2 Å². The fourth-order valence-electron chi connectivity index (χ4n) is 16.2. The van der Waals surface area contributed by atoms with Crippen molar-refractivity contribution in [1.82, 2.24) is 56.4 Å². The van der Waals surface area contributed by atoms with Crippen LogP contribution in [0.25, 0.3) is 0 Å². The minimum Gasteiger partial charge on any atom is -0.370 e. The van der Waals surface area contributed by atoms with Crippen molar-refractivity contribution in [2.45, 2.75) is 257 Å². The first kappa shape index (κ1) is 71.2. The lowest BCUT2D eigenvalue weighted by molar-refractivity contribution is -0.165. The number of hydrogen-bond donors (Lipinski definition) is 6. The Hall–Kier alpha value is -3.64. The van der Waals surface area contributed by atoms with Gasteiger partial charge in [0.2, 0.25) is 5.91 Å². The molecule has 0 aromatic heterocycles. The average molecular weight is 1260 g/mol. The van der Waals surface area contributed by atoms with E-state index in [-0.39, 0.29) is 40.6 Å². The highest BCUT2D eigenvalue weighted by Crippen LogP contribution is 2.44. The SMILES string of the molecule is CC[C@H](C)[C@H]1CN[C@@H](CCC(C)C)C(C)NCC2[C@@H](C(=O)N3CCC3)C(C)N2[C@@H](C2CCCC2)C(C)NC2(CCCC2)CNCCN=CC=C(CCc2ccc(C(F)(F)F)c(Cl)c2)NC=CN(C)C=C(CC2CCCCC2)N(C)C=C2CCCN2[C@@H](C)CN1. The zero-order valence-electron chi connectivity index (χ0n) is 56.7. The van der Waals surface area contributed by atoms with E-state index < -0.39 is 11.7 Å². The Kier molecular flexibility index (Phi) is 27.6. The number of aryl methyl sites for hydroxylation is 1. The molecule has 1 aromatic rings. The summed E-state index contributed by atoms with van der Waals surface area (Å²) in [5.41, 5.74) is 3.48. The van der Waals surface area contributed by atoms with Gasteiger partial charge in [0, 0.05) is 168 Å². The van der Waals surface area contributed by atoms with Gasteiger partial charge in [0.25, 0.3) is 0 Å². The molecule has 13 nitrogen and oxygen atoms in total. The number of aliphatic imine (C=N–C) groups is 1. The number of likely N-dealkylation sites (tertiary alicyclic amines) is 1. The molecule has 8 rings (SSSR count). The van der Waals surface area contributed by atoms with Gasteiger partial charge in [0.15, 0.2) is 0 Å². The van der Waals surface area contributed by atoms with Crippen molar-refractivity contribution >= 4 is 23.7 Å². The monoisotopic (exact) mass is 1260 g/mol. The molecule has 0 bridgehead atoms. The summed E-state index contributed by atoms with van der Waals surface area (Å²) in [7, 11) is 4.32. The highest BCUT2D eigenvalue weighted by atomic mass is 35.5. The third-order valence-corrected chi connectivity index (χ3v) is 22.3. The smallest absolute Gasteiger partial charge is 0.370 e. The van der Waals surface area contributed by atoms with Crippen LogP contribution >= 0.6 is 11.6 Å². The number of carbonyl (C=O) groups excluding carboxylic acids is 1. The Balaban J connectivity index is 1.08. The standard InChI is InChI=1S/C72H120ClF3N12O/c1-11-52(4)66-46-82-65(31-26-51(2)3)54(6)80-47-67-68(70(89)86-39-20-40-86)56(8)88(67)69(59-23-15-16-24-59)55(7)83-71(33-17-18-34-71)50-78-37-36-77-35-32-60(29-27-58-28-30-63(64(73)44-58)72(74,75)76)79-38-42-84(9)48-62(43-57-21-13-12-14-22-57)85(10)49-61-25-19-41-87(61)53(5)45-81-66/h28,30,32,35,38,42,44,48-49,51-57,59,65-69,78-83H,11-27,29,31,33-34,36-37,39-41,43,45-47,50H2,1-10H3/t52-,53-,54?,55?,56?,65-,66+,67?,68-,69+/m0/s1. The summed E-state index contributed by atoms with van der Waals surface area (Å²) in [5.74, 6) is 2.68. The van der Waals surface area contributed by atoms with E-state index in [0.717, 1.165) is 127 Å². The van der Waals surface area contributed by atoms with E-state index in [9.17, 15) is 18.0 Å². The summed E-state index contributed by atoms with van der Waals surface area (Å²) in [4.78, 5) is 31.6. The van der Waals surface area contributed by atoms with E-state index >= 15 is 0 Å². The second-order valence-corrected chi connectivity index (χ2v) is 29.5. The molecule has 3 saturated carbocycles. The Bertz CT molecular complexity index is 2480. The van der Waals surface area contributed by atoms with E-state index in [2.05, 4.69) is 144 Å². The van der Waals surface area contributed by atoms with E-state index in [4.69, 9.17) is 16.6 Å².